The lowest BCUT2D eigenvalue weighted by molar-refractivity contribution is -0.127. The monoisotopic (exact) mass is 457 g/mol. The van der Waals surface area contributed by atoms with Crippen LogP contribution in [0.2, 0.25) is 0 Å². The number of nitrogens with zero attached hydrogens (tertiary/aromatic N) is 6. The molecule has 0 aliphatic carbocycles. The molecule has 11 nitrogen and oxygen atoms in total. The highest BCUT2D eigenvalue weighted by Crippen LogP contribution is 2.25. The Bertz CT molecular complexity index is 1280. The molecule has 2 amide bonds. The summed E-state index contributed by atoms with van der Waals surface area (Å²) in [5.41, 5.74) is 7.08. The predicted octanol–water partition coefficient (Wildman–Crippen LogP) is 2.48. The Hall–Kier alpha value is -4.72. The molecule has 4 rings (SSSR count). The molecule has 1 fully saturated rings. The van der Waals surface area contributed by atoms with Gasteiger partial charge < -0.3 is 21.3 Å². The van der Waals surface area contributed by atoms with Crippen LogP contribution in [-0.2, 0) is 4.79 Å². The fourth-order valence-corrected chi connectivity index (χ4v) is 3.77. The first-order valence-corrected chi connectivity index (χ1v) is 10.6. The van der Waals surface area contributed by atoms with E-state index in [4.69, 9.17) is 5.73 Å². The highest BCUT2D eigenvalue weighted by molar-refractivity contribution is 5.98. The van der Waals surface area contributed by atoms with Gasteiger partial charge in [0, 0.05) is 25.5 Å². The number of likely N-dealkylation sites (tertiary alicyclic amines) is 1. The van der Waals surface area contributed by atoms with Crippen LogP contribution >= 0.6 is 0 Å². The molecule has 1 atom stereocenters. The van der Waals surface area contributed by atoms with E-state index in [9.17, 15) is 14.9 Å². The number of hydrogen-bond donors (Lipinski definition) is 3. The van der Waals surface area contributed by atoms with Gasteiger partial charge >= 0.3 is 0 Å². The van der Waals surface area contributed by atoms with Gasteiger partial charge in [0.05, 0.1) is 29.2 Å². The van der Waals surface area contributed by atoms with Crippen molar-refractivity contribution in [1.29, 1.82) is 5.26 Å². The van der Waals surface area contributed by atoms with Crippen molar-refractivity contribution < 1.29 is 9.59 Å². The molecule has 1 saturated heterocycles. The van der Waals surface area contributed by atoms with E-state index < -0.39 is 5.91 Å². The SMILES string of the molecule is C=CC(=O)N1CCCC(n2cc(Nc3ncc(C(N)=O)c(Nc4ccccc4C#N)n3)cn2)C1. The number of para-hydroxylation sites is 1. The number of primary amides is 1. The van der Waals surface area contributed by atoms with E-state index >= 15 is 0 Å². The van der Waals surface area contributed by atoms with Crippen LogP contribution in [0, 0.1) is 11.3 Å². The average Bonchev–Trinajstić information content (AvgIpc) is 3.32. The first kappa shape index (κ1) is 22.5. The van der Waals surface area contributed by atoms with Gasteiger partial charge in [-0.2, -0.15) is 15.3 Å². The maximum Gasteiger partial charge on any atom is 0.254 e. The zero-order valence-electron chi connectivity index (χ0n) is 18.3. The highest BCUT2D eigenvalue weighted by atomic mass is 16.2. The number of amides is 2. The van der Waals surface area contributed by atoms with Crippen molar-refractivity contribution >= 4 is 35.0 Å². The van der Waals surface area contributed by atoms with Crippen molar-refractivity contribution in [3.63, 3.8) is 0 Å². The topological polar surface area (TPSA) is 155 Å². The first-order chi connectivity index (χ1) is 16.5. The smallest absolute Gasteiger partial charge is 0.254 e. The Morgan fingerprint density at radius 3 is 2.85 bits per heavy atom. The Kier molecular flexibility index (Phi) is 6.49. The molecule has 1 aliphatic heterocycles. The van der Waals surface area contributed by atoms with Gasteiger partial charge in [-0.3, -0.25) is 14.3 Å². The zero-order valence-corrected chi connectivity index (χ0v) is 18.3. The molecule has 0 saturated carbocycles. The molecule has 1 aromatic carbocycles. The van der Waals surface area contributed by atoms with Crippen molar-refractivity contribution in [2.75, 3.05) is 23.7 Å². The second-order valence-corrected chi connectivity index (χ2v) is 7.72. The Morgan fingerprint density at radius 2 is 2.09 bits per heavy atom. The van der Waals surface area contributed by atoms with Crippen LogP contribution in [0.4, 0.5) is 23.1 Å². The van der Waals surface area contributed by atoms with Crippen LogP contribution in [0.15, 0.2) is 55.5 Å². The number of piperidine rings is 1. The fourth-order valence-electron chi connectivity index (χ4n) is 3.77. The van der Waals surface area contributed by atoms with E-state index in [1.807, 2.05) is 10.9 Å². The number of nitrogens with one attached hydrogen (secondary N) is 2. The summed E-state index contributed by atoms with van der Waals surface area (Å²) < 4.78 is 1.81. The zero-order chi connectivity index (χ0) is 24.1. The third-order valence-corrected chi connectivity index (χ3v) is 5.47. The molecule has 1 aliphatic rings. The van der Waals surface area contributed by atoms with E-state index in [2.05, 4.69) is 38.3 Å². The second-order valence-electron chi connectivity index (χ2n) is 7.72. The van der Waals surface area contributed by atoms with Gasteiger partial charge in [-0.25, -0.2) is 4.98 Å². The van der Waals surface area contributed by atoms with Crippen molar-refractivity contribution in [2.24, 2.45) is 5.73 Å². The summed E-state index contributed by atoms with van der Waals surface area (Å²) in [6, 6.07) is 8.98. The summed E-state index contributed by atoms with van der Waals surface area (Å²) in [5.74, 6) is -0.400. The maximum atomic E-state index is 12.0. The molecular formula is C23H23N9O2. The molecule has 172 valence electrons. The minimum atomic E-state index is -0.702. The number of carbonyl (C=O) groups excluding carboxylic acids is 2. The van der Waals surface area contributed by atoms with Gasteiger partial charge in [-0.05, 0) is 31.1 Å². The third kappa shape index (κ3) is 4.86. The number of rotatable bonds is 7. The summed E-state index contributed by atoms with van der Waals surface area (Å²) in [7, 11) is 0. The molecular weight excluding hydrogens is 434 g/mol. The minimum absolute atomic E-state index is 0.0473. The third-order valence-electron chi connectivity index (χ3n) is 5.47. The molecule has 34 heavy (non-hydrogen) atoms. The van der Waals surface area contributed by atoms with Gasteiger partial charge in [-0.15, -0.1) is 0 Å². The maximum absolute atomic E-state index is 12.0. The molecule has 0 spiro atoms. The predicted molar refractivity (Wildman–Crippen MR) is 126 cm³/mol. The Labute approximate surface area is 195 Å². The lowest BCUT2D eigenvalue weighted by Gasteiger charge is -2.32. The average molecular weight is 457 g/mol. The molecule has 3 aromatic rings. The van der Waals surface area contributed by atoms with Crippen LogP contribution in [0.1, 0.15) is 34.8 Å². The summed E-state index contributed by atoms with van der Waals surface area (Å²) in [6.45, 7) is 4.82. The van der Waals surface area contributed by atoms with Crippen molar-refractivity contribution in [3.8, 4) is 6.07 Å². The molecule has 3 heterocycles. The molecule has 11 heteroatoms. The lowest BCUT2D eigenvalue weighted by Crippen LogP contribution is -2.39. The summed E-state index contributed by atoms with van der Waals surface area (Å²) in [6.07, 6.45) is 7.88. The van der Waals surface area contributed by atoms with E-state index in [1.54, 1.807) is 35.4 Å². The van der Waals surface area contributed by atoms with Crippen molar-refractivity contribution in [3.05, 3.63) is 66.6 Å². The number of aromatic nitrogens is 4. The Morgan fingerprint density at radius 1 is 1.26 bits per heavy atom. The molecule has 4 N–H and O–H groups in total. The molecule has 0 radical (unpaired) electrons. The number of anilines is 4. The van der Waals surface area contributed by atoms with E-state index in [0.717, 1.165) is 12.8 Å². The number of benzene rings is 1. The van der Waals surface area contributed by atoms with Gasteiger partial charge in [0.1, 0.15) is 17.5 Å². The largest absolute Gasteiger partial charge is 0.365 e. The van der Waals surface area contributed by atoms with Gasteiger partial charge in [-0.1, -0.05) is 18.7 Å². The van der Waals surface area contributed by atoms with Crippen LogP contribution in [0.5, 0.6) is 0 Å². The van der Waals surface area contributed by atoms with E-state index in [-0.39, 0.29) is 29.3 Å². The molecule has 2 aromatic heterocycles. The van der Waals surface area contributed by atoms with Crippen LogP contribution in [-0.4, -0.2) is 49.6 Å². The van der Waals surface area contributed by atoms with Crippen LogP contribution in [0.3, 0.4) is 0 Å². The van der Waals surface area contributed by atoms with Gasteiger partial charge in [0.2, 0.25) is 11.9 Å². The number of nitriles is 1. The number of nitrogens with two attached hydrogens (primary N) is 1. The number of hydrogen-bond acceptors (Lipinski definition) is 8. The second kappa shape index (κ2) is 9.83. The summed E-state index contributed by atoms with van der Waals surface area (Å²) >= 11 is 0. The fraction of sp³-hybridized carbons (Fsp3) is 0.217. The van der Waals surface area contributed by atoms with Crippen molar-refractivity contribution in [2.45, 2.75) is 18.9 Å². The number of carbonyl (C=O) groups is 2. The van der Waals surface area contributed by atoms with Crippen LogP contribution < -0.4 is 16.4 Å². The normalized spacial score (nSPS) is 15.3. The Balaban J connectivity index is 1.53. The van der Waals surface area contributed by atoms with Crippen LogP contribution in [0.25, 0.3) is 0 Å². The summed E-state index contributed by atoms with van der Waals surface area (Å²) in [4.78, 5) is 34.2. The van der Waals surface area contributed by atoms with E-state index in [1.165, 1.54) is 12.3 Å². The van der Waals surface area contributed by atoms with Crippen molar-refractivity contribution in [1.82, 2.24) is 24.6 Å². The molecule has 1 unspecified atom stereocenters. The highest BCUT2D eigenvalue weighted by Gasteiger charge is 2.24. The first-order valence-electron chi connectivity index (χ1n) is 10.6. The summed E-state index contributed by atoms with van der Waals surface area (Å²) in [5, 5.41) is 19.8. The molecule has 0 bridgehead atoms. The van der Waals surface area contributed by atoms with Gasteiger partial charge in [0.15, 0.2) is 0 Å². The standard InChI is InChI=1S/C23H23N9O2/c1-2-20(33)31-9-5-7-17(14-31)32-13-16(11-27-32)28-23-26-12-18(21(25)34)22(30-23)29-19-8-4-3-6-15(19)10-24/h2-4,6,8,11-13,17H,1,5,7,9,14H2,(H2,25,34)(H2,26,28,29,30). The quantitative estimate of drug-likeness (QED) is 0.457. The lowest BCUT2D eigenvalue weighted by atomic mass is 10.1. The van der Waals surface area contributed by atoms with Gasteiger partial charge in [0.25, 0.3) is 5.91 Å². The minimum Gasteiger partial charge on any atom is -0.365 e. The van der Waals surface area contributed by atoms with E-state index in [0.29, 0.717) is 30.0 Å².